The Morgan fingerprint density at radius 2 is 2.15 bits per heavy atom. The number of esters is 1. The van der Waals surface area contributed by atoms with Gasteiger partial charge in [0.1, 0.15) is 11.6 Å². The normalized spacial score (nSPS) is 12.7. The molecule has 0 saturated carbocycles. The van der Waals surface area contributed by atoms with Crippen molar-refractivity contribution in [1.29, 1.82) is 0 Å². The Labute approximate surface area is 118 Å². The van der Waals surface area contributed by atoms with Crippen molar-refractivity contribution < 1.29 is 14.3 Å². The third-order valence-electron chi connectivity index (χ3n) is 2.41. The second-order valence-electron chi connectivity index (χ2n) is 5.46. The molecule has 1 unspecified atom stereocenters. The number of ether oxygens (including phenoxy) is 1. The molecule has 0 heterocycles. The van der Waals surface area contributed by atoms with Crippen molar-refractivity contribution in [2.24, 2.45) is 11.6 Å². The van der Waals surface area contributed by atoms with Crippen molar-refractivity contribution in [3.05, 3.63) is 29.8 Å². The Kier molecular flexibility index (Phi) is 5.24. The van der Waals surface area contributed by atoms with Crippen LogP contribution in [0.25, 0.3) is 0 Å². The van der Waals surface area contributed by atoms with Gasteiger partial charge in [-0.3, -0.25) is 14.6 Å². The van der Waals surface area contributed by atoms with E-state index in [9.17, 15) is 9.59 Å². The molecule has 0 saturated heterocycles. The average Bonchev–Trinajstić information content (AvgIpc) is 2.36. The van der Waals surface area contributed by atoms with E-state index in [-0.39, 0.29) is 6.42 Å². The summed E-state index contributed by atoms with van der Waals surface area (Å²) in [6.45, 7) is 5.34. The lowest BCUT2D eigenvalue weighted by Gasteiger charge is -2.22. The van der Waals surface area contributed by atoms with Crippen LogP contribution in [0.2, 0.25) is 0 Å². The fraction of sp³-hybridized carbons (Fsp3) is 0.429. The van der Waals surface area contributed by atoms with Gasteiger partial charge in [-0.05, 0) is 51.0 Å². The van der Waals surface area contributed by atoms with Crippen molar-refractivity contribution >= 4 is 18.1 Å². The third kappa shape index (κ3) is 4.99. The SMILES string of the molecule is CC(C)(C)OC(=O)C(N)Cc1c[c]cc(N(N)C=O)c1. The fourth-order valence-electron chi connectivity index (χ4n) is 1.55. The summed E-state index contributed by atoms with van der Waals surface area (Å²) in [6.07, 6.45) is 0.771. The van der Waals surface area contributed by atoms with Crippen molar-refractivity contribution in [3.63, 3.8) is 0 Å². The number of hydrogen-bond acceptors (Lipinski definition) is 5. The van der Waals surface area contributed by atoms with Gasteiger partial charge in [0.2, 0.25) is 6.41 Å². The maximum atomic E-state index is 11.8. The average molecular weight is 278 g/mol. The van der Waals surface area contributed by atoms with Crippen LogP contribution in [0.5, 0.6) is 0 Å². The van der Waals surface area contributed by atoms with Crippen molar-refractivity contribution in [2.45, 2.75) is 38.8 Å². The van der Waals surface area contributed by atoms with E-state index in [0.29, 0.717) is 12.1 Å². The molecule has 0 bridgehead atoms. The molecule has 0 fully saturated rings. The minimum atomic E-state index is -0.777. The van der Waals surface area contributed by atoms with E-state index in [0.717, 1.165) is 10.6 Å². The highest BCUT2D eigenvalue weighted by Gasteiger charge is 2.22. The summed E-state index contributed by atoms with van der Waals surface area (Å²) in [7, 11) is 0. The summed E-state index contributed by atoms with van der Waals surface area (Å²) in [5.74, 6) is 4.99. The molecule has 0 aliphatic carbocycles. The Morgan fingerprint density at radius 3 is 2.70 bits per heavy atom. The van der Waals surface area contributed by atoms with Crippen LogP contribution < -0.4 is 16.6 Å². The minimum Gasteiger partial charge on any atom is -0.459 e. The van der Waals surface area contributed by atoms with E-state index in [1.165, 1.54) is 0 Å². The lowest BCUT2D eigenvalue weighted by Crippen LogP contribution is -2.38. The van der Waals surface area contributed by atoms with Gasteiger partial charge in [0.15, 0.2) is 0 Å². The summed E-state index contributed by atoms with van der Waals surface area (Å²) < 4.78 is 5.21. The highest BCUT2D eigenvalue weighted by atomic mass is 16.6. The summed E-state index contributed by atoms with van der Waals surface area (Å²) in [6, 6.07) is 7.00. The second-order valence-corrected chi connectivity index (χ2v) is 5.46. The van der Waals surface area contributed by atoms with Gasteiger partial charge >= 0.3 is 5.97 Å². The van der Waals surface area contributed by atoms with E-state index in [4.69, 9.17) is 16.3 Å². The molecule has 1 aromatic carbocycles. The molecule has 0 aliphatic rings. The first-order valence-corrected chi connectivity index (χ1v) is 6.20. The first-order chi connectivity index (χ1) is 9.23. The first kappa shape index (κ1) is 16.1. The number of anilines is 1. The van der Waals surface area contributed by atoms with E-state index in [1.807, 2.05) is 0 Å². The molecule has 109 valence electrons. The van der Waals surface area contributed by atoms with Crippen LogP contribution in [0.15, 0.2) is 18.2 Å². The van der Waals surface area contributed by atoms with Gasteiger partial charge < -0.3 is 10.5 Å². The van der Waals surface area contributed by atoms with Gasteiger partial charge in [-0.1, -0.05) is 6.07 Å². The number of nitrogens with two attached hydrogens (primary N) is 2. The quantitative estimate of drug-likeness (QED) is 0.269. The van der Waals surface area contributed by atoms with Crippen LogP contribution in [0.4, 0.5) is 5.69 Å². The fourth-order valence-corrected chi connectivity index (χ4v) is 1.55. The highest BCUT2D eigenvalue weighted by Crippen LogP contribution is 2.15. The zero-order valence-corrected chi connectivity index (χ0v) is 11.9. The van der Waals surface area contributed by atoms with Gasteiger partial charge in [0.25, 0.3) is 0 Å². The number of carbonyl (C=O) groups excluding carboxylic acids is 2. The molecule has 1 amide bonds. The maximum Gasteiger partial charge on any atom is 0.323 e. The number of benzene rings is 1. The predicted molar refractivity (Wildman–Crippen MR) is 75.5 cm³/mol. The largest absolute Gasteiger partial charge is 0.459 e. The van der Waals surface area contributed by atoms with E-state index >= 15 is 0 Å². The number of rotatable bonds is 5. The number of amides is 1. The van der Waals surface area contributed by atoms with E-state index in [1.54, 1.807) is 39.0 Å². The Morgan fingerprint density at radius 1 is 1.50 bits per heavy atom. The molecule has 0 aromatic heterocycles. The molecular weight excluding hydrogens is 258 g/mol. The summed E-state index contributed by atoms with van der Waals surface area (Å²) in [4.78, 5) is 22.4. The molecular formula is C14H20N3O3. The van der Waals surface area contributed by atoms with E-state index in [2.05, 4.69) is 6.07 Å². The molecule has 20 heavy (non-hydrogen) atoms. The Hall–Kier alpha value is -1.92. The lowest BCUT2D eigenvalue weighted by atomic mass is 10.1. The van der Waals surface area contributed by atoms with Crippen molar-refractivity contribution in [3.8, 4) is 0 Å². The predicted octanol–water partition coefficient (Wildman–Crippen LogP) is 0.535. The Bertz CT molecular complexity index is 483. The second kappa shape index (κ2) is 6.49. The Balaban J connectivity index is 2.73. The smallest absolute Gasteiger partial charge is 0.323 e. The molecule has 1 radical (unpaired) electrons. The van der Waals surface area contributed by atoms with Crippen LogP contribution in [-0.2, 0) is 20.7 Å². The summed E-state index contributed by atoms with van der Waals surface area (Å²) >= 11 is 0. The van der Waals surface area contributed by atoms with Crippen LogP contribution >= 0.6 is 0 Å². The summed E-state index contributed by atoms with van der Waals surface area (Å²) in [5.41, 5.74) is 6.47. The zero-order valence-electron chi connectivity index (χ0n) is 11.9. The van der Waals surface area contributed by atoms with Crippen molar-refractivity contribution in [2.75, 3.05) is 5.01 Å². The van der Waals surface area contributed by atoms with Gasteiger partial charge in [0.05, 0.1) is 5.69 Å². The molecule has 4 N–H and O–H groups in total. The molecule has 1 atom stereocenters. The van der Waals surface area contributed by atoms with Gasteiger partial charge in [-0.25, -0.2) is 5.84 Å². The zero-order chi connectivity index (χ0) is 15.3. The van der Waals surface area contributed by atoms with Crippen LogP contribution in [0, 0.1) is 6.07 Å². The lowest BCUT2D eigenvalue weighted by molar-refractivity contribution is -0.156. The van der Waals surface area contributed by atoms with Gasteiger partial charge in [-0.15, -0.1) is 0 Å². The molecule has 6 nitrogen and oxygen atoms in total. The first-order valence-electron chi connectivity index (χ1n) is 6.20. The van der Waals surface area contributed by atoms with Gasteiger partial charge in [-0.2, -0.15) is 0 Å². The van der Waals surface area contributed by atoms with Crippen LogP contribution in [-0.4, -0.2) is 24.0 Å². The van der Waals surface area contributed by atoms with Gasteiger partial charge in [0, 0.05) is 0 Å². The standard InChI is InChI=1S/C14H20N3O3/c1-14(2,3)20-13(19)12(15)8-10-5-4-6-11(7-10)17(16)9-18/h5-7,9,12H,8,15-16H2,1-3H3. The van der Waals surface area contributed by atoms with Crippen LogP contribution in [0.1, 0.15) is 26.3 Å². The molecule has 1 aromatic rings. The summed E-state index contributed by atoms with van der Waals surface area (Å²) in [5, 5.41) is 0.930. The third-order valence-corrected chi connectivity index (χ3v) is 2.41. The highest BCUT2D eigenvalue weighted by molar-refractivity contribution is 5.77. The number of hydrogen-bond donors (Lipinski definition) is 2. The number of nitrogens with zero attached hydrogens (tertiary/aromatic N) is 1. The number of hydrazine groups is 1. The minimum absolute atomic E-state index is 0.284. The monoisotopic (exact) mass is 278 g/mol. The molecule has 0 spiro atoms. The molecule has 0 aliphatic heterocycles. The van der Waals surface area contributed by atoms with Crippen molar-refractivity contribution in [1.82, 2.24) is 0 Å². The molecule has 1 rings (SSSR count). The molecule has 6 heteroatoms. The van der Waals surface area contributed by atoms with E-state index < -0.39 is 17.6 Å². The topological polar surface area (TPSA) is 98.7 Å². The van der Waals surface area contributed by atoms with Crippen LogP contribution in [0.3, 0.4) is 0 Å². The maximum absolute atomic E-state index is 11.8. The number of carbonyl (C=O) groups is 2.